The minimum atomic E-state index is -0.906. The summed E-state index contributed by atoms with van der Waals surface area (Å²) in [7, 11) is 0. The Morgan fingerprint density at radius 3 is 2.63 bits per heavy atom. The van der Waals surface area contributed by atoms with E-state index in [0.717, 1.165) is 0 Å². The lowest BCUT2D eigenvalue weighted by Crippen LogP contribution is -2.43. The molecule has 0 heterocycles. The summed E-state index contributed by atoms with van der Waals surface area (Å²) in [6, 6.07) is 3.54. The summed E-state index contributed by atoms with van der Waals surface area (Å²) in [5.41, 5.74) is -0.565. The summed E-state index contributed by atoms with van der Waals surface area (Å²) in [5.74, 6) is -0.433. The highest BCUT2D eigenvalue weighted by atomic mass is 79.9. The second-order valence-corrected chi connectivity index (χ2v) is 5.22. The van der Waals surface area contributed by atoms with Gasteiger partial charge in [0.05, 0.1) is 11.3 Å². The molecule has 2 amide bonds. The van der Waals surface area contributed by atoms with Crippen molar-refractivity contribution in [3.63, 3.8) is 0 Å². The Morgan fingerprint density at radius 2 is 2.05 bits per heavy atom. The van der Waals surface area contributed by atoms with Crippen LogP contribution in [-0.4, -0.2) is 23.3 Å². The molecule has 4 nitrogen and oxygen atoms in total. The van der Waals surface area contributed by atoms with Crippen molar-refractivity contribution in [1.29, 1.82) is 0 Å². The van der Waals surface area contributed by atoms with Gasteiger partial charge in [0.1, 0.15) is 5.82 Å². The molecule has 106 valence electrons. The average Bonchev–Trinajstić information content (AvgIpc) is 2.40. The number of amides is 2. The third-order valence-corrected chi connectivity index (χ3v) is 3.76. The zero-order valence-corrected chi connectivity index (χ0v) is 12.6. The summed E-state index contributed by atoms with van der Waals surface area (Å²) < 4.78 is 13.6. The van der Waals surface area contributed by atoms with Crippen LogP contribution in [0.1, 0.15) is 26.7 Å². The van der Waals surface area contributed by atoms with Gasteiger partial charge in [-0.25, -0.2) is 9.18 Å². The Morgan fingerprint density at radius 1 is 1.42 bits per heavy atom. The molecule has 0 fully saturated rings. The van der Waals surface area contributed by atoms with Crippen molar-refractivity contribution in [2.75, 3.05) is 11.9 Å². The van der Waals surface area contributed by atoms with Crippen LogP contribution < -0.4 is 10.6 Å². The summed E-state index contributed by atoms with van der Waals surface area (Å²) in [6.07, 6.45) is 1.10. The molecule has 0 bridgehead atoms. The lowest BCUT2D eigenvalue weighted by atomic mass is 9.98. The molecule has 0 saturated heterocycles. The van der Waals surface area contributed by atoms with Gasteiger partial charge in [-0.1, -0.05) is 13.8 Å². The monoisotopic (exact) mass is 332 g/mol. The smallest absolute Gasteiger partial charge is 0.319 e. The first-order chi connectivity index (χ1) is 8.90. The summed E-state index contributed by atoms with van der Waals surface area (Å²) in [6.45, 7) is 3.86. The lowest BCUT2D eigenvalue weighted by Gasteiger charge is -2.25. The van der Waals surface area contributed by atoms with Gasteiger partial charge in [0.25, 0.3) is 0 Å². The number of nitrogens with one attached hydrogen (secondary N) is 2. The fourth-order valence-corrected chi connectivity index (χ4v) is 1.85. The number of hydrogen-bond donors (Lipinski definition) is 3. The normalized spacial score (nSPS) is 11.2. The maximum atomic E-state index is 13.0. The van der Waals surface area contributed by atoms with Crippen molar-refractivity contribution in [2.45, 2.75) is 32.3 Å². The van der Waals surface area contributed by atoms with Crippen LogP contribution in [0, 0.1) is 5.82 Å². The van der Waals surface area contributed by atoms with E-state index in [2.05, 4.69) is 26.6 Å². The number of urea groups is 1. The van der Waals surface area contributed by atoms with Gasteiger partial charge in [0, 0.05) is 11.0 Å². The number of rotatable bonds is 5. The van der Waals surface area contributed by atoms with E-state index in [1.807, 2.05) is 13.8 Å². The maximum absolute atomic E-state index is 13.0. The highest BCUT2D eigenvalue weighted by Gasteiger charge is 2.22. The van der Waals surface area contributed by atoms with E-state index in [9.17, 15) is 14.3 Å². The van der Waals surface area contributed by atoms with E-state index in [1.165, 1.54) is 18.2 Å². The molecule has 0 aliphatic carbocycles. The number of benzene rings is 1. The minimum absolute atomic E-state index is 0.152. The molecule has 0 unspecified atom stereocenters. The molecule has 0 radical (unpaired) electrons. The van der Waals surface area contributed by atoms with Crippen LogP contribution in [0.2, 0.25) is 0 Å². The predicted molar refractivity (Wildman–Crippen MR) is 76.7 cm³/mol. The molecule has 0 aliphatic rings. The molecule has 1 aromatic rings. The number of carbonyl (C=O) groups excluding carboxylic acids is 1. The van der Waals surface area contributed by atoms with Crippen molar-refractivity contribution in [3.05, 3.63) is 28.5 Å². The van der Waals surface area contributed by atoms with Gasteiger partial charge in [-0.3, -0.25) is 0 Å². The molecule has 6 heteroatoms. The van der Waals surface area contributed by atoms with E-state index >= 15 is 0 Å². The summed E-state index contributed by atoms with van der Waals surface area (Å²) >= 11 is 3.22. The third kappa shape index (κ3) is 4.80. The standard InChI is InChI=1S/C13H18BrFN2O2/c1-3-13(19,4-2)8-16-12(18)17-11-7-9(15)5-6-10(11)14/h5-7,19H,3-4,8H2,1-2H3,(H2,16,17,18). The Bertz CT molecular complexity index is 450. The fraction of sp³-hybridized carbons (Fsp3) is 0.462. The van der Waals surface area contributed by atoms with Gasteiger partial charge in [0.15, 0.2) is 0 Å². The van der Waals surface area contributed by atoms with Crippen molar-refractivity contribution in [3.8, 4) is 0 Å². The minimum Gasteiger partial charge on any atom is -0.388 e. The molecule has 0 atom stereocenters. The SMILES string of the molecule is CCC(O)(CC)CNC(=O)Nc1cc(F)ccc1Br. The largest absolute Gasteiger partial charge is 0.388 e. The molecule has 0 aromatic heterocycles. The van der Waals surface area contributed by atoms with E-state index < -0.39 is 17.4 Å². The Hall–Kier alpha value is -1.14. The fourth-order valence-electron chi connectivity index (χ4n) is 1.50. The maximum Gasteiger partial charge on any atom is 0.319 e. The first-order valence-corrected chi connectivity index (χ1v) is 6.92. The van der Waals surface area contributed by atoms with E-state index in [4.69, 9.17) is 0 Å². The van der Waals surface area contributed by atoms with Crippen LogP contribution in [0.3, 0.4) is 0 Å². The molecular formula is C13H18BrFN2O2. The number of hydrogen-bond acceptors (Lipinski definition) is 2. The highest BCUT2D eigenvalue weighted by Crippen LogP contribution is 2.23. The van der Waals surface area contributed by atoms with Crippen LogP contribution in [0.5, 0.6) is 0 Å². The van der Waals surface area contributed by atoms with E-state index in [1.54, 1.807) is 0 Å². The van der Waals surface area contributed by atoms with Crippen LogP contribution in [0.25, 0.3) is 0 Å². The van der Waals surface area contributed by atoms with Gasteiger partial charge >= 0.3 is 6.03 Å². The highest BCUT2D eigenvalue weighted by molar-refractivity contribution is 9.10. The molecular weight excluding hydrogens is 315 g/mol. The second kappa shape index (κ2) is 6.86. The first kappa shape index (κ1) is 15.9. The molecule has 19 heavy (non-hydrogen) atoms. The number of anilines is 1. The number of aliphatic hydroxyl groups is 1. The van der Waals surface area contributed by atoms with Gasteiger partial charge in [0.2, 0.25) is 0 Å². The average molecular weight is 333 g/mol. The Balaban J connectivity index is 2.58. The Kier molecular flexibility index (Phi) is 5.75. The molecule has 1 rings (SSSR count). The first-order valence-electron chi connectivity index (χ1n) is 6.12. The van der Waals surface area contributed by atoms with Crippen molar-refractivity contribution >= 4 is 27.6 Å². The third-order valence-electron chi connectivity index (χ3n) is 3.07. The van der Waals surface area contributed by atoms with Crippen molar-refractivity contribution < 1.29 is 14.3 Å². The molecule has 1 aromatic carbocycles. The predicted octanol–water partition coefficient (Wildman–Crippen LogP) is 3.26. The Labute approximate surface area is 120 Å². The second-order valence-electron chi connectivity index (χ2n) is 4.36. The summed E-state index contributed by atoms with van der Waals surface area (Å²) in [5, 5.41) is 15.1. The topological polar surface area (TPSA) is 61.4 Å². The summed E-state index contributed by atoms with van der Waals surface area (Å²) in [4.78, 5) is 11.7. The molecule has 3 N–H and O–H groups in total. The van der Waals surface area contributed by atoms with Gasteiger partial charge in [-0.15, -0.1) is 0 Å². The van der Waals surface area contributed by atoms with Gasteiger partial charge in [-0.05, 0) is 47.0 Å². The number of carbonyl (C=O) groups is 1. The zero-order valence-electron chi connectivity index (χ0n) is 11.0. The molecule has 0 spiro atoms. The van der Waals surface area contributed by atoms with Gasteiger partial charge < -0.3 is 15.7 Å². The van der Waals surface area contributed by atoms with E-state index in [0.29, 0.717) is 23.0 Å². The van der Waals surface area contributed by atoms with Crippen LogP contribution in [-0.2, 0) is 0 Å². The number of halogens is 2. The van der Waals surface area contributed by atoms with Crippen LogP contribution >= 0.6 is 15.9 Å². The van der Waals surface area contributed by atoms with Crippen LogP contribution in [0.15, 0.2) is 22.7 Å². The lowest BCUT2D eigenvalue weighted by molar-refractivity contribution is 0.0354. The van der Waals surface area contributed by atoms with Crippen molar-refractivity contribution in [2.24, 2.45) is 0 Å². The van der Waals surface area contributed by atoms with Crippen molar-refractivity contribution in [1.82, 2.24) is 5.32 Å². The van der Waals surface area contributed by atoms with Crippen LogP contribution in [0.4, 0.5) is 14.9 Å². The molecule has 0 saturated carbocycles. The quantitative estimate of drug-likeness (QED) is 0.775. The molecule has 0 aliphatic heterocycles. The zero-order chi connectivity index (χ0) is 14.5. The van der Waals surface area contributed by atoms with Gasteiger partial charge in [-0.2, -0.15) is 0 Å². The van der Waals surface area contributed by atoms with E-state index in [-0.39, 0.29) is 6.54 Å².